The lowest BCUT2D eigenvalue weighted by Crippen LogP contribution is -2.20. The second-order valence-electron chi connectivity index (χ2n) is 7.98. The zero-order valence-corrected chi connectivity index (χ0v) is 22.3. The highest BCUT2D eigenvalue weighted by molar-refractivity contribution is 9.10. The highest BCUT2D eigenvalue weighted by Crippen LogP contribution is 2.34. The minimum absolute atomic E-state index is 0.00206. The summed E-state index contributed by atoms with van der Waals surface area (Å²) in [6.07, 6.45) is 1.47. The SMILES string of the molecule is COc1cc(C=NNC(=O)CSc2nnc(-c3ccc(C)cc3)n2-c2ccc(C)cc2)cc(Br)c1O. The van der Waals surface area contributed by atoms with E-state index in [0.29, 0.717) is 26.8 Å². The summed E-state index contributed by atoms with van der Waals surface area (Å²) in [4.78, 5) is 12.5. The number of hydrogen-bond acceptors (Lipinski definition) is 7. The number of thioether (sulfide) groups is 1. The van der Waals surface area contributed by atoms with E-state index in [9.17, 15) is 9.90 Å². The Labute approximate surface area is 221 Å². The van der Waals surface area contributed by atoms with Gasteiger partial charge in [0.2, 0.25) is 0 Å². The molecule has 10 heteroatoms. The number of phenols is 1. The molecule has 1 heterocycles. The largest absolute Gasteiger partial charge is 0.503 e. The van der Waals surface area contributed by atoms with E-state index < -0.39 is 0 Å². The van der Waals surface area contributed by atoms with Gasteiger partial charge in [-0.05, 0) is 59.6 Å². The quantitative estimate of drug-likeness (QED) is 0.171. The number of methoxy groups -OCH3 is 1. The maximum atomic E-state index is 12.5. The lowest BCUT2D eigenvalue weighted by Gasteiger charge is -2.11. The van der Waals surface area contributed by atoms with Crippen LogP contribution in [-0.4, -0.2) is 44.9 Å². The fourth-order valence-corrected chi connectivity index (χ4v) is 4.55. The van der Waals surface area contributed by atoms with Crippen molar-refractivity contribution in [2.75, 3.05) is 12.9 Å². The van der Waals surface area contributed by atoms with Crippen LogP contribution < -0.4 is 10.2 Å². The van der Waals surface area contributed by atoms with E-state index in [1.54, 1.807) is 12.1 Å². The molecule has 0 saturated heterocycles. The molecule has 0 bridgehead atoms. The molecule has 0 aliphatic rings. The smallest absolute Gasteiger partial charge is 0.250 e. The number of benzene rings is 3. The van der Waals surface area contributed by atoms with Crippen LogP contribution in [0.3, 0.4) is 0 Å². The van der Waals surface area contributed by atoms with Gasteiger partial charge >= 0.3 is 0 Å². The molecule has 0 spiro atoms. The van der Waals surface area contributed by atoms with Gasteiger partial charge in [0.25, 0.3) is 5.91 Å². The van der Waals surface area contributed by atoms with Gasteiger partial charge in [0.05, 0.1) is 23.5 Å². The van der Waals surface area contributed by atoms with Crippen molar-refractivity contribution in [3.05, 3.63) is 81.8 Å². The Balaban J connectivity index is 1.49. The number of carbonyl (C=O) groups is 1. The van der Waals surface area contributed by atoms with Crippen molar-refractivity contribution in [1.82, 2.24) is 20.2 Å². The zero-order chi connectivity index (χ0) is 25.7. The maximum absolute atomic E-state index is 12.5. The van der Waals surface area contributed by atoms with Gasteiger partial charge in [0.1, 0.15) is 0 Å². The van der Waals surface area contributed by atoms with E-state index in [1.807, 2.05) is 66.9 Å². The lowest BCUT2D eigenvalue weighted by molar-refractivity contribution is -0.118. The number of aryl methyl sites for hydroxylation is 2. The number of nitrogens with zero attached hydrogens (tertiary/aromatic N) is 4. The molecule has 2 N–H and O–H groups in total. The second-order valence-corrected chi connectivity index (χ2v) is 9.78. The number of hydrazone groups is 1. The Morgan fingerprint density at radius 1 is 1.11 bits per heavy atom. The molecule has 184 valence electrons. The van der Waals surface area contributed by atoms with Crippen LogP contribution in [0.25, 0.3) is 17.1 Å². The third kappa shape index (κ3) is 5.95. The van der Waals surface area contributed by atoms with Gasteiger partial charge in [-0.15, -0.1) is 10.2 Å². The minimum atomic E-state index is -0.295. The maximum Gasteiger partial charge on any atom is 0.250 e. The molecule has 3 aromatic carbocycles. The molecule has 0 aliphatic carbocycles. The number of carbonyl (C=O) groups excluding carboxylic acids is 1. The fraction of sp³-hybridized carbons (Fsp3) is 0.154. The molecule has 0 saturated carbocycles. The molecule has 0 unspecified atom stereocenters. The molecule has 0 radical (unpaired) electrons. The minimum Gasteiger partial charge on any atom is -0.503 e. The van der Waals surface area contributed by atoms with E-state index >= 15 is 0 Å². The van der Waals surface area contributed by atoms with Gasteiger partial charge in [-0.3, -0.25) is 9.36 Å². The number of aromatic nitrogens is 3. The molecule has 1 aromatic heterocycles. The Hall–Kier alpha value is -3.63. The molecule has 4 aromatic rings. The monoisotopic (exact) mass is 565 g/mol. The average Bonchev–Trinajstić information content (AvgIpc) is 3.29. The number of nitrogens with one attached hydrogen (secondary N) is 1. The summed E-state index contributed by atoms with van der Waals surface area (Å²) in [6, 6.07) is 19.4. The van der Waals surface area contributed by atoms with Crippen LogP contribution in [0.15, 0.2) is 75.4 Å². The van der Waals surface area contributed by atoms with Gasteiger partial charge in [0.15, 0.2) is 22.5 Å². The molecular weight excluding hydrogens is 542 g/mol. The van der Waals surface area contributed by atoms with E-state index in [0.717, 1.165) is 22.4 Å². The number of hydrogen-bond donors (Lipinski definition) is 2. The fourth-order valence-electron chi connectivity index (χ4n) is 3.34. The van der Waals surface area contributed by atoms with Gasteiger partial charge in [-0.25, -0.2) is 5.43 Å². The summed E-state index contributed by atoms with van der Waals surface area (Å²) in [6.45, 7) is 4.07. The predicted octanol–water partition coefficient (Wildman–Crippen LogP) is 5.27. The van der Waals surface area contributed by atoms with Crippen molar-refractivity contribution in [3.63, 3.8) is 0 Å². The molecule has 0 atom stereocenters. The summed E-state index contributed by atoms with van der Waals surface area (Å²) in [5.41, 5.74) is 7.31. The first kappa shape index (κ1) is 25.5. The number of halogens is 1. The number of ether oxygens (including phenoxy) is 1. The van der Waals surface area contributed by atoms with Crippen LogP contribution in [0.1, 0.15) is 16.7 Å². The van der Waals surface area contributed by atoms with Gasteiger partial charge in [0, 0.05) is 11.3 Å². The van der Waals surface area contributed by atoms with Crippen LogP contribution in [-0.2, 0) is 4.79 Å². The first-order valence-corrected chi connectivity index (χ1v) is 12.7. The van der Waals surface area contributed by atoms with Crippen molar-refractivity contribution in [1.29, 1.82) is 0 Å². The van der Waals surface area contributed by atoms with E-state index in [-0.39, 0.29) is 17.4 Å². The first-order valence-electron chi connectivity index (χ1n) is 11.0. The summed E-state index contributed by atoms with van der Waals surface area (Å²) in [5.74, 6) is 0.797. The van der Waals surface area contributed by atoms with Crippen LogP contribution >= 0.6 is 27.7 Å². The molecule has 4 rings (SSSR count). The van der Waals surface area contributed by atoms with Gasteiger partial charge < -0.3 is 9.84 Å². The Morgan fingerprint density at radius 3 is 2.44 bits per heavy atom. The molecule has 0 fully saturated rings. The van der Waals surface area contributed by atoms with E-state index in [2.05, 4.69) is 36.7 Å². The highest BCUT2D eigenvalue weighted by atomic mass is 79.9. The molecule has 36 heavy (non-hydrogen) atoms. The van der Waals surface area contributed by atoms with Gasteiger partial charge in [-0.2, -0.15) is 5.10 Å². The zero-order valence-electron chi connectivity index (χ0n) is 19.9. The molecule has 1 amide bonds. The summed E-state index contributed by atoms with van der Waals surface area (Å²) in [5, 5.41) is 23.3. The predicted molar refractivity (Wildman–Crippen MR) is 145 cm³/mol. The lowest BCUT2D eigenvalue weighted by atomic mass is 10.1. The topological polar surface area (TPSA) is 102 Å². The average molecular weight is 566 g/mol. The Bertz CT molecular complexity index is 1400. The molecule has 8 nitrogen and oxygen atoms in total. The third-order valence-corrected chi connectivity index (χ3v) is 6.77. The molecule has 0 aliphatic heterocycles. The first-order chi connectivity index (χ1) is 17.4. The highest BCUT2D eigenvalue weighted by Gasteiger charge is 2.17. The number of amides is 1. The Morgan fingerprint density at radius 2 is 1.78 bits per heavy atom. The van der Waals surface area contributed by atoms with Crippen molar-refractivity contribution >= 4 is 39.8 Å². The molecular formula is C26H24BrN5O3S. The number of aromatic hydroxyl groups is 1. The summed E-state index contributed by atoms with van der Waals surface area (Å²) >= 11 is 4.54. The van der Waals surface area contributed by atoms with Gasteiger partial charge in [-0.1, -0.05) is 59.3 Å². The van der Waals surface area contributed by atoms with Crippen molar-refractivity contribution < 1.29 is 14.6 Å². The second kappa shape index (κ2) is 11.4. The van der Waals surface area contributed by atoms with Crippen LogP contribution in [0.2, 0.25) is 0 Å². The number of phenolic OH excluding ortho intramolecular Hbond substituents is 1. The van der Waals surface area contributed by atoms with E-state index in [1.165, 1.54) is 25.1 Å². The Kier molecular flexibility index (Phi) is 8.07. The van der Waals surface area contributed by atoms with Crippen LogP contribution in [0, 0.1) is 13.8 Å². The summed E-state index contributed by atoms with van der Waals surface area (Å²) < 4.78 is 7.54. The number of rotatable bonds is 8. The van der Waals surface area contributed by atoms with Crippen molar-refractivity contribution in [2.45, 2.75) is 19.0 Å². The van der Waals surface area contributed by atoms with Crippen LogP contribution in [0.4, 0.5) is 0 Å². The third-order valence-electron chi connectivity index (χ3n) is 5.24. The summed E-state index contributed by atoms with van der Waals surface area (Å²) in [7, 11) is 1.46. The standard InChI is InChI=1S/C26H24BrN5O3S/c1-16-4-8-19(9-5-16)25-30-31-26(32(25)20-10-6-17(2)7-11-20)36-15-23(33)29-28-14-18-12-21(27)24(34)22(13-18)35-3/h4-14,34H,15H2,1-3H3,(H,29,33). The van der Waals surface area contributed by atoms with Crippen molar-refractivity contribution in [2.24, 2.45) is 5.10 Å². The normalized spacial score (nSPS) is 11.1. The van der Waals surface area contributed by atoms with Crippen LogP contribution in [0.5, 0.6) is 11.5 Å². The van der Waals surface area contributed by atoms with E-state index in [4.69, 9.17) is 4.74 Å². The van der Waals surface area contributed by atoms with Crippen molar-refractivity contribution in [3.8, 4) is 28.6 Å².